The first-order valence-corrected chi connectivity index (χ1v) is 6.99. The molecule has 7 nitrogen and oxygen atoms in total. The number of nitrogens with zero attached hydrogens (tertiary/aromatic N) is 2. The van der Waals surface area contributed by atoms with E-state index in [1.165, 1.54) is 13.3 Å². The van der Waals surface area contributed by atoms with Gasteiger partial charge in [-0.2, -0.15) is 4.72 Å². The van der Waals surface area contributed by atoms with Crippen LogP contribution in [0.5, 0.6) is 0 Å². The lowest BCUT2D eigenvalue weighted by Gasteiger charge is -2.02. The fourth-order valence-corrected chi connectivity index (χ4v) is 2.35. The number of sulfonamides is 1. The summed E-state index contributed by atoms with van der Waals surface area (Å²) >= 11 is 0. The van der Waals surface area contributed by atoms with Crippen molar-refractivity contribution >= 4 is 16.0 Å². The molecule has 0 aliphatic rings. The molecule has 8 heteroatoms. The topological polar surface area (TPSA) is 90.3 Å². The predicted octanol–water partition coefficient (Wildman–Crippen LogP) is 0.0528. The first kappa shape index (κ1) is 14.7. The molecule has 0 unspecified atom stereocenters. The van der Waals surface area contributed by atoms with Crippen molar-refractivity contribution in [1.82, 2.24) is 14.3 Å². The monoisotopic (exact) mass is 275 g/mol. The molecular formula is C10H17N3O4S. The second-order valence-corrected chi connectivity index (χ2v) is 5.43. The highest BCUT2D eigenvalue weighted by Crippen LogP contribution is 2.09. The highest BCUT2D eigenvalue weighted by Gasteiger charge is 2.20. The number of rotatable bonds is 6. The SMILES string of the molecule is CCCn1cc(S(=O)(=O)NCC(=O)OC)nc1C. The third-order valence-electron chi connectivity index (χ3n) is 2.33. The molecule has 0 saturated carbocycles. The molecule has 0 bridgehead atoms. The van der Waals surface area contributed by atoms with Crippen LogP contribution in [0.25, 0.3) is 0 Å². The molecule has 0 aromatic carbocycles. The first-order valence-electron chi connectivity index (χ1n) is 5.51. The summed E-state index contributed by atoms with van der Waals surface area (Å²) < 4.78 is 31.9. The van der Waals surface area contributed by atoms with Crippen molar-refractivity contribution in [2.75, 3.05) is 13.7 Å². The molecule has 0 aliphatic heterocycles. The van der Waals surface area contributed by atoms with Gasteiger partial charge in [0.25, 0.3) is 10.0 Å². The van der Waals surface area contributed by atoms with Gasteiger partial charge in [-0.3, -0.25) is 4.79 Å². The van der Waals surface area contributed by atoms with Gasteiger partial charge in [-0.25, -0.2) is 13.4 Å². The van der Waals surface area contributed by atoms with Crippen LogP contribution in [-0.2, 0) is 26.1 Å². The van der Waals surface area contributed by atoms with Gasteiger partial charge in [0, 0.05) is 12.7 Å². The molecule has 0 atom stereocenters. The van der Waals surface area contributed by atoms with Crippen molar-refractivity contribution in [3.63, 3.8) is 0 Å². The normalized spacial score (nSPS) is 11.5. The maximum atomic E-state index is 11.8. The van der Waals surface area contributed by atoms with E-state index in [2.05, 4.69) is 14.4 Å². The fraction of sp³-hybridized carbons (Fsp3) is 0.600. The van der Waals surface area contributed by atoms with Crippen LogP contribution in [0, 0.1) is 6.92 Å². The van der Waals surface area contributed by atoms with Gasteiger partial charge in [-0.1, -0.05) is 6.92 Å². The van der Waals surface area contributed by atoms with Crippen LogP contribution in [0.1, 0.15) is 19.2 Å². The van der Waals surface area contributed by atoms with Gasteiger partial charge in [0.05, 0.1) is 7.11 Å². The van der Waals surface area contributed by atoms with E-state index in [0.29, 0.717) is 12.4 Å². The molecule has 0 spiro atoms. The van der Waals surface area contributed by atoms with Crippen molar-refractivity contribution < 1.29 is 17.9 Å². The zero-order chi connectivity index (χ0) is 13.8. The summed E-state index contributed by atoms with van der Waals surface area (Å²) in [5.74, 6) is -0.0291. The Hall–Kier alpha value is -1.41. The Morgan fingerprint density at radius 3 is 2.78 bits per heavy atom. The highest BCUT2D eigenvalue weighted by atomic mass is 32.2. The van der Waals surface area contributed by atoms with Crippen LogP contribution in [0.15, 0.2) is 11.2 Å². The molecule has 0 amide bonds. The van der Waals surface area contributed by atoms with Crippen LogP contribution in [0.2, 0.25) is 0 Å². The summed E-state index contributed by atoms with van der Waals surface area (Å²) in [6.07, 6.45) is 2.34. The van der Waals surface area contributed by atoms with Crippen molar-refractivity contribution in [2.24, 2.45) is 0 Å². The van der Waals surface area contributed by atoms with Gasteiger partial charge in [0.2, 0.25) is 0 Å². The van der Waals surface area contributed by atoms with E-state index in [0.717, 1.165) is 6.42 Å². The van der Waals surface area contributed by atoms with Crippen molar-refractivity contribution in [3.05, 3.63) is 12.0 Å². The number of carbonyl (C=O) groups excluding carboxylic acids is 1. The minimum absolute atomic E-state index is 0.0858. The second-order valence-electron chi connectivity index (χ2n) is 3.72. The van der Waals surface area contributed by atoms with Crippen LogP contribution < -0.4 is 4.72 Å². The number of hydrogen-bond donors (Lipinski definition) is 1. The quantitative estimate of drug-likeness (QED) is 0.741. The lowest BCUT2D eigenvalue weighted by atomic mass is 10.5. The minimum atomic E-state index is -3.77. The number of imidazole rings is 1. The number of hydrogen-bond acceptors (Lipinski definition) is 5. The van der Waals surface area contributed by atoms with Crippen LogP contribution in [0.3, 0.4) is 0 Å². The van der Waals surface area contributed by atoms with Gasteiger partial charge >= 0.3 is 5.97 Å². The summed E-state index contributed by atoms with van der Waals surface area (Å²) in [4.78, 5) is 14.9. The summed E-state index contributed by atoms with van der Waals surface area (Å²) in [5.41, 5.74) is 0. The largest absolute Gasteiger partial charge is 0.468 e. The Morgan fingerprint density at radius 2 is 2.22 bits per heavy atom. The minimum Gasteiger partial charge on any atom is -0.468 e. The van der Waals surface area contributed by atoms with Gasteiger partial charge in [-0.15, -0.1) is 0 Å². The number of ether oxygens (including phenoxy) is 1. The fourth-order valence-electron chi connectivity index (χ4n) is 1.38. The van der Waals surface area contributed by atoms with E-state index in [9.17, 15) is 13.2 Å². The molecule has 0 aliphatic carbocycles. The Labute approximate surface area is 106 Å². The Bertz CT molecular complexity index is 521. The van der Waals surface area contributed by atoms with Crippen molar-refractivity contribution in [1.29, 1.82) is 0 Å². The molecule has 0 radical (unpaired) electrons. The van der Waals surface area contributed by atoms with E-state index in [-0.39, 0.29) is 5.03 Å². The Morgan fingerprint density at radius 1 is 1.56 bits per heavy atom. The van der Waals surface area contributed by atoms with E-state index >= 15 is 0 Å². The summed E-state index contributed by atoms with van der Waals surface area (Å²) in [7, 11) is -2.58. The molecule has 18 heavy (non-hydrogen) atoms. The summed E-state index contributed by atoms with van der Waals surface area (Å²) in [6, 6.07) is 0. The molecule has 0 fully saturated rings. The average molecular weight is 275 g/mol. The van der Waals surface area contributed by atoms with Crippen LogP contribution >= 0.6 is 0 Å². The van der Waals surface area contributed by atoms with Crippen molar-refractivity contribution in [2.45, 2.75) is 31.8 Å². The maximum Gasteiger partial charge on any atom is 0.320 e. The lowest BCUT2D eigenvalue weighted by molar-refractivity contribution is -0.139. The Balaban J connectivity index is 2.85. The Kier molecular flexibility index (Phi) is 4.85. The van der Waals surface area contributed by atoms with Gasteiger partial charge < -0.3 is 9.30 Å². The van der Waals surface area contributed by atoms with E-state index in [1.54, 1.807) is 11.5 Å². The van der Waals surface area contributed by atoms with Gasteiger partial charge in [0.15, 0.2) is 5.03 Å². The summed E-state index contributed by atoms with van der Waals surface area (Å²) in [5, 5.41) is -0.0858. The predicted molar refractivity (Wildman–Crippen MR) is 64.5 cm³/mol. The number of nitrogens with one attached hydrogen (secondary N) is 1. The zero-order valence-electron chi connectivity index (χ0n) is 10.6. The highest BCUT2D eigenvalue weighted by molar-refractivity contribution is 7.89. The number of aromatic nitrogens is 2. The van der Waals surface area contributed by atoms with Gasteiger partial charge in [0.1, 0.15) is 12.4 Å². The third-order valence-corrected chi connectivity index (χ3v) is 3.60. The number of aryl methyl sites for hydroxylation is 2. The van der Waals surface area contributed by atoms with Crippen LogP contribution in [-0.4, -0.2) is 37.6 Å². The zero-order valence-corrected chi connectivity index (χ0v) is 11.5. The molecular weight excluding hydrogens is 258 g/mol. The molecule has 1 heterocycles. The smallest absolute Gasteiger partial charge is 0.320 e. The van der Waals surface area contributed by atoms with Crippen molar-refractivity contribution in [3.8, 4) is 0 Å². The maximum absolute atomic E-state index is 11.8. The molecule has 0 saturated heterocycles. The third kappa shape index (κ3) is 3.54. The molecule has 1 rings (SSSR count). The molecule has 1 aromatic rings. The number of esters is 1. The average Bonchev–Trinajstić information content (AvgIpc) is 2.69. The number of carbonyl (C=O) groups is 1. The summed E-state index contributed by atoms with van der Waals surface area (Å²) in [6.45, 7) is 4.02. The lowest BCUT2D eigenvalue weighted by Crippen LogP contribution is -2.30. The molecule has 1 aromatic heterocycles. The second kappa shape index (κ2) is 5.96. The van der Waals surface area contributed by atoms with Crippen LogP contribution in [0.4, 0.5) is 0 Å². The standard InChI is InChI=1S/C10H17N3O4S/c1-4-5-13-7-9(12-8(13)2)18(15,16)11-6-10(14)17-3/h7,11H,4-6H2,1-3H3. The van der Waals surface area contributed by atoms with Gasteiger partial charge in [-0.05, 0) is 13.3 Å². The number of methoxy groups -OCH3 is 1. The van der Waals surface area contributed by atoms with E-state index in [1.807, 2.05) is 6.92 Å². The first-order chi connectivity index (χ1) is 8.40. The van der Waals surface area contributed by atoms with E-state index in [4.69, 9.17) is 0 Å². The van der Waals surface area contributed by atoms with E-state index < -0.39 is 22.5 Å². The molecule has 1 N–H and O–H groups in total. The molecule has 102 valence electrons.